The standard InChI is InChI=1S/C15H19BrS/c16-13-5-3-4-11(9-13)8-12-10-17-15-7-2-1-6-14(12)15/h1-2,6-7,11-13H,3-5,8-10H2. The summed E-state index contributed by atoms with van der Waals surface area (Å²) in [5.74, 6) is 3.08. The zero-order valence-corrected chi connectivity index (χ0v) is 12.5. The molecule has 17 heavy (non-hydrogen) atoms. The summed E-state index contributed by atoms with van der Waals surface area (Å²) < 4.78 is 0. The van der Waals surface area contributed by atoms with Crippen LogP contribution in [0.4, 0.5) is 0 Å². The van der Waals surface area contributed by atoms with E-state index in [1.807, 2.05) is 0 Å². The molecule has 1 aliphatic heterocycles. The summed E-state index contributed by atoms with van der Waals surface area (Å²) in [5, 5.41) is 0. The molecule has 0 saturated heterocycles. The second-order valence-corrected chi connectivity index (χ2v) is 7.77. The molecule has 1 saturated carbocycles. The van der Waals surface area contributed by atoms with Crippen LogP contribution in [-0.4, -0.2) is 10.6 Å². The van der Waals surface area contributed by atoms with Crippen molar-refractivity contribution in [3.8, 4) is 0 Å². The van der Waals surface area contributed by atoms with Crippen molar-refractivity contribution in [3.05, 3.63) is 29.8 Å². The number of hydrogen-bond acceptors (Lipinski definition) is 1. The first-order valence-corrected chi connectivity index (χ1v) is 8.59. The van der Waals surface area contributed by atoms with Crippen molar-refractivity contribution in [2.24, 2.45) is 5.92 Å². The number of thioether (sulfide) groups is 1. The van der Waals surface area contributed by atoms with Gasteiger partial charge < -0.3 is 0 Å². The molecule has 1 aromatic rings. The van der Waals surface area contributed by atoms with Crippen molar-refractivity contribution >= 4 is 27.7 Å². The van der Waals surface area contributed by atoms with E-state index in [1.165, 1.54) is 42.8 Å². The molecule has 0 bridgehead atoms. The van der Waals surface area contributed by atoms with Crippen molar-refractivity contribution in [1.29, 1.82) is 0 Å². The van der Waals surface area contributed by atoms with Crippen molar-refractivity contribution in [2.45, 2.75) is 47.7 Å². The summed E-state index contributed by atoms with van der Waals surface area (Å²) >= 11 is 5.86. The fourth-order valence-corrected chi connectivity index (χ4v) is 5.39. The molecule has 0 aromatic heterocycles. The Bertz CT molecular complexity index is 390. The Morgan fingerprint density at radius 1 is 1.24 bits per heavy atom. The lowest BCUT2D eigenvalue weighted by Gasteiger charge is -2.27. The highest BCUT2D eigenvalue weighted by Gasteiger charge is 2.28. The maximum Gasteiger partial charge on any atom is 0.0148 e. The fourth-order valence-electron chi connectivity index (χ4n) is 3.27. The van der Waals surface area contributed by atoms with Crippen LogP contribution in [0, 0.1) is 5.92 Å². The molecule has 1 aromatic carbocycles. The molecule has 2 aliphatic rings. The van der Waals surface area contributed by atoms with E-state index in [-0.39, 0.29) is 0 Å². The van der Waals surface area contributed by atoms with Crippen LogP contribution < -0.4 is 0 Å². The first kappa shape index (κ1) is 12.1. The van der Waals surface area contributed by atoms with Gasteiger partial charge in [0, 0.05) is 15.5 Å². The highest BCUT2D eigenvalue weighted by atomic mass is 79.9. The van der Waals surface area contributed by atoms with Gasteiger partial charge in [0.25, 0.3) is 0 Å². The minimum absolute atomic E-state index is 0.783. The molecule has 3 rings (SSSR count). The van der Waals surface area contributed by atoms with E-state index in [0.29, 0.717) is 0 Å². The molecule has 1 heterocycles. The largest absolute Gasteiger partial charge is 0.125 e. The van der Waals surface area contributed by atoms with Gasteiger partial charge in [-0.3, -0.25) is 0 Å². The van der Waals surface area contributed by atoms with Gasteiger partial charge in [0.2, 0.25) is 0 Å². The molecule has 2 heteroatoms. The molecule has 3 atom stereocenters. The molecule has 0 spiro atoms. The van der Waals surface area contributed by atoms with E-state index < -0.39 is 0 Å². The Hall–Kier alpha value is 0.0500. The second kappa shape index (κ2) is 5.36. The molecule has 0 amide bonds. The zero-order valence-electron chi connectivity index (χ0n) is 10.1. The second-order valence-electron chi connectivity index (χ2n) is 5.41. The van der Waals surface area contributed by atoms with Gasteiger partial charge in [-0.15, -0.1) is 11.8 Å². The van der Waals surface area contributed by atoms with Crippen molar-refractivity contribution < 1.29 is 0 Å². The minimum Gasteiger partial charge on any atom is -0.125 e. The molecule has 0 N–H and O–H groups in total. The van der Waals surface area contributed by atoms with Gasteiger partial charge in [0.1, 0.15) is 0 Å². The van der Waals surface area contributed by atoms with Crippen LogP contribution >= 0.6 is 27.7 Å². The molecule has 92 valence electrons. The van der Waals surface area contributed by atoms with Crippen LogP contribution in [0.15, 0.2) is 29.2 Å². The summed E-state index contributed by atoms with van der Waals surface area (Å²) in [6.07, 6.45) is 7.05. The summed E-state index contributed by atoms with van der Waals surface area (Å²) in [7, 11) is 0. The maximum absolute atomic E-state index is 3.80. The summed E-state index contributed by atoms with van der Waals surface area (Å²) in [5.41, 5.74) is 1.62. The molecule has 1 aliphatic carbocycles. The van der Waals surface area contributed by atoms with Crippen LogP contribution in [0.25, 0.3) is 0 Å². The smallest absolute Gasteiger partial charge is 0.0148 e. The Balaban J connectivity index is 1.67. The first-order valence-electron chi connectivity index (χ1n) is 6.68. The quantitative estimate of drug-likeness (QED) is 0.675. The highest BCUT2D eigenvalue weighted by molar-refractivity contribution is 9.09. The average molecular weight is 311 g/mol. The summed E-state index contributed by atoms with van der Waals surface area (Å²) in [4.78, 5) is 2.31. The monoisotopic (exact) mass is 310 g/mol. The van der Waals surface area contributed by atoms with Gasteiger partial charge in [-0.25, -0.2) is 0 Å². The topological polar surface area (TPSA) is 0 Å². The third kappa shape index (κ3) is 2.73. The number of fused-ring (bicyclic) bond motifs is 1. The Morgan fingerprint density at radius 3 is 3.00 bits per heavy atom. The molecule has 3 unspecified atom stereocenters. The van der Waals surface area contributed by atoms with E-state index in [1.54, 1.807) is 5.56 Å². The fraction of sp³-hybridized carbons (Fsp3) is 0.600. The van der Waals surface area contributed by atoms with Gasteiger partial charge in [-0.05, 0) is 42.7 Å². The molecule has 0 radical (unpaired) electrons. The maximum atomic E-state index is 3.80. The Labute approximate surface area is 117 Å². The van der Waals surface area contributed by atoms with Gasteiger partial charge in [-0.2, -0.15) is 0 Å². The summed E-state index contributed by atoms with van der Waals surface area (Å²) in [6, 6.07) is 9.00. The molecular formula is C15H19BrS. The average Bonchev–Trinajstić information content (AvgIpc) is 2.73. The van der Waals surface area contributed by atoms with Crippen LogP contribution in [0.2, 0.25) is 0 Å². The number of hydrogen-bond donors (Lipinski definition) is 0. The van der Waals surface area contributed by atoms with Crippen LogP contribution in [0.5, 0.6) is 0 Å². The predicted octanol–water partition coefficient (Wildman–Crippen LogP) is 5.22. The zero-order chi connectivity index (χ0) is 11.7. The van der Waals surface area contributed by atoms with E-state index in [9.17, 15) is 0 Å². The van der Waals surface area contributed by atoms with E-state index in [2.05, 4.69) is 52.0 Å². The van der Waals surface area contributed by atoms with E-state index in [4.69, 9.17) is 0 Å². The van der Waals surface area contributed by atoms with E-state index in [0.717, 1.165) is 16.7 Å². The van der Waals surface area contributed by atoms with Crippen LogP contribution in [-0.2, 0) is 0 Å². The summed E-state index contributed by atoms with van der Waals surface area (Å²) in [6.45, 7) is 0. The Morgan fingerprint density at radius 2 is 2.12 bits per heavy atom. The lowest BCUT2D eigenvalue weighted by atomic mass is 9.81. The lowest BCUT2D eigenvalue weighted by molar-refractivity contribution is 0.333. The van der Waals surface area contributed by atoms with Crippen molar-refractivity contribution in [3.63, 3.8) is 0 Å². The third-order valence-electron chi connectivity index (χ3n) is 4.14. The highest BCUT2D eigenvalue weighted by Crippen LogP contribution is 2.44. The van der Waals surface area contributed by atoms with Gasteiger partial charge in [0.05, 0.1) is 0 Å². The number of benzene rings is 1. The first-order chi connectivity index (χ1) is 8.33. The Kier molecular flexibility index (Phi) is 3.81. The van der Waals surface area contributed by atoms with Crippen LogP contribution in [0.3, 0.4) is 0 Å². The van der Waals surface area contributed by atoms with Gasteiger partial charge >= 0.3 is 0 Å². The SMILES string of the molecule is BrC1CCCC(CC2CSc3ccccc32)C1. The van der Waals surface area contributed by atoms with Gasteiger partial charge in [0.15, 0.2) is 0 Å². The third-order valence-corrected chi connectivity index (χ3v) is 6.22. The van der Waals surface area contributed by atoms with Gasteiger partial charge in [-0.1, -0.05) is 47.0 Å². The minimum atomic E-state index is 0.783. The lowest BCUT2D eigenvalue weighted by Crippen LogP contribution is -2.17. The molecular weight excluding hydrogens is 292 g/mol. The number of alkyl halides is 1. The van der Waals surface area contributed by atoms with E-state index >= 15 is 0 Å². The normalized spacial score (nSPS) is 32.4. The number of halogens is 1. The molecule has 1 fully saturated rings. The number of rotatable bonds is 2. The van der Waals surface area contributed by atoms with Crippen LogP contribution in [0.1, 0.15) is 43.6 Å². The van der Waals surface area contributed by atoms with Crippen molar-refractivity contribution in [2.75, 3.05) is 5.75 Å². The molecule has 0 nitrogen and oxygen atoms in total. The van der Waals surface area contributed by atoms with Crippen molar-refractivity contribution in [1.82, 2.24) is 0 Å². The predicted molar refractivity (Wildman–Crippen MR) is 79.2 cm³/mol.